The lowest BCUT2D eigenvalue weighted by Gasteiger charge is -2.28. The molecule has 2 aromatic carbocycles. The highest BCUT2D eigenvalue weighted by atomic mass is 32.1. The molecule has 1 saturated heterocycles. The molecule has 0 radical (unpaired) electrons. The summed E-state index contributed by atoms with van der Waals surface area (Å²) >= 11 is 5.82. The van der Waals surface area contributed by atoms with Crippen LogP contribution in [0.15, 0.2) is 79.0 Å². The minimum Gasteiger partial charge on any atom is -0.465 e. The standard InChI is InChI=1S/C32H33N5O3S/c1-20-11-13-24(14-12-20)34-28(38)15-17-36-30(29(35-32(36)41)27-10-5-6-16-33-27)26-18-21(2)37(22(26)3)25-9-7-8-23(19-25)31(39)40-4/h5-14,16,18-19,29-30H,15,17H2,1-4H3,(H,34,38)(H,35,41). The number of ether oxygens (including phenoxy) is 1. The number of esters is 1. The van der Waals surface area contributed by atoms with E-state index in [1.165, 1.54) is 7.11 Å². The van der Waals surface area contributed by atoms with Gasteiger partial charge in [0, 0.05) is 41.9 Å². The number of thiocarbonyl (C=S) groups is 1. The summed E-state index contributed by atoms with van der Waals surface area (Å²) in [6.07, 6.45) is 2.04. The molecule has 0 aliphatic carbocycles. The fourth-order valence-corrected chi connectivity index (χ4v) is 5.77. The number of carbonyl (C=O) groups is 2. The Morgan fingerprint density at radius 3 is 2.51 bits per heavy atom. The Balaban J connectivity index is 1.48. The molecule has 0 bridgehead atoms. The molecule has 41 heavy (non-hydrogen) atoms. The maximum atomic E-state index is 12.9. The van der Waals surface area contributed by atoms with Crippen molar-refractivity contribution in [2.75, 3.05) is 19.0 Å². The smallest absolute Gasteiger partial charge is 0.337 e. The minimum atomic E-state index is -0.384. The summed E-state index contributed by atoms with van der Waals surface area (Å²) in [6.45, 7) is 6.54. The third-order valence-electron chi connectivity index (χ3n) is 7.43. The average Bonchev–Trinajstić information content (AvgIpc) is 3.47. The van der Waals surface area contributed by atoms with Gasteiger partial charge in [-0.05, 0) is 87.1 Å². The molecule has 1 aliphatic heterocycles. The summed E-state index contributed by atoms with van der Waals surface area (Å²) in [4.78, 5) is 31.9. The topological polar surface area (TPSA) is 88.5 Å². The van der Waals surface area contributed by atoms with Crippen LogP contribution in [0.2, 0.25) is 0 Å². The van der Waals surface area contributed by atoms with Gasteiger partial charge < -0.3 is 24.8 Å². The van der Waals surface area contributed by atoms with Gasteiger partial charge in [0.05, 0.1) is 30.5 Å². The molecule has 0 spiro atoms. The molecule has 4 aromatic rings. The molecule has 1 fully saturated rings. The van der Waals surface area contributed by atoms with Crippen LogP contribution >= 0.6 is 12.2 Å². The molecule has 2 unspecified atom stereocenters. The van der Waals surface area contributed by atoms with Crippen molar-refractivity contribution in [3.05, 3.63) is 113 Å². The minimum absolute atomic E-state index is 0.0817. The Kier molecular flexibility index (Phi) is 8.16. The summed E-state index contributed by atoms with van der Waals surface area (Å²) in [5.41, 5.74) is 7.19. The summed E-state index contributed by atoms with van der Waals surface area (Å²) in [6, 6.07) is 22.7. The van der Waals surface area contributed by atoms with E-state index in [1.807, 2.05) is 74.5 Å². The van der Waals surface area contributed by atoms with E-state index < -0.39 is 0 Å². The fourth-order valence-electron chi connectivity index (χ4n) is 5.44. The number of hydrogen-bond acceptors (Lipinski definition) is 5. The fraction of sp³-hybridized carbons (Fsp3) is 0.250. The summed E-state index contributed by atoms with van der Waals surface area (Å²) in [7, 11) is 1.38. The van der Waals surface area contributed by atoms with Gasteiger partial charge in [-0.1, -0.05) is 29.8 Å². The SMILES string of the molecule is COC(=O)c1cccc(-n2c(C)cc(C3C(c4ccccn4)NC(=S)N3CCC(=O)Nc3ccc(C)cc3)c2C)c1. The number of aromatic nitrogens is 2. The molecule has 1 amide bonds. The van der Waals surface area contributed by atoms with Crippen LogP contribution in [0.5, 0.6) is 0 Å². The van der Waals surface area contributed by atoms with Gasteiger partial charge in [0.25, 0.3) is 0 Å². The number of methoxy groups -OCH3 is 1. The number of aryl methyl sites for hydroxylation is 2. The Morgan fingerprint density at radius 1 is 1.02 bits per heavy atom. The van der Waals surface area contributed by atoms with Gasteiger partial charge in [-0.3, -0.25) is 9.78 Å². The predicted molar refractivity (Wildman–Crippen MR) is 163 cm³/mol. The zero-order valence-electron chi connectivity index (χ0n) is 23.5. The lowest BCUT2D eigenvalue weighted by molar-refractivity contribution is -0.116. The zero-order chi connectivity index (χ0) is 29.1. The first-order chi connectivity index (χ1) is 19.8. The van der Waals surface area contributed by atoms with Crippen LogP contribution in [0.3, 0.4) is 0 Å². The molecule has 3 heterocycles. The van der Waals surface area contributed by atoms with Crippen LogP contribution < -0.4 is 10.6 Å². The molecule has 1 aliphatic rings. The second-order valence-corrected chi connectivity index (χ2v) is 10.6. The van der Waals surface area contributed by atoms with Crippen LogP contribution in [-0.4, -0.2) is 45.1 Å². The van der Waals surface area contributed by atoms with Crippen molar-refractivity contribution in [3.63, 3.8) is 0 Å². The average molecular weight is 568 g/mol. The number of pyridine rings is 1. The number of hydrogen-bond donors (Lipinski definition) is 2. The summed E-state index contributed by atoms with van der Waals surface area (Å²) in [5.74, 6) is -0.466. The van der Waals surface area contributed by atoms with Crippen molar-refractivity contribution >= 4 is 34.9 Å². The highest BCUT2D eigenvalue weighted by Crippen LogP contribution is 2.41. The third kappa shape index (κ3) is 5.85. The number of carbonyl (C=O) groups excluding carboxylic acids is 2. The first-order valence-corrected chi connectivity index (χ1v) is 13.9. The highest BCUT2D eigenvalue weighted by Gasteiger charge is 2.41. The highest BCUT2D eigenvalue weighted by molar-refractivity contribution is 7.80. The first-order valence-electron chi connectivity index (χ1n) is 13.5. The zero-order valence-corrected chi connectivity index (χ0v) is 24.4. The van der Waals surface area contributed by atoms with E-state index in [1.54, 1.807) is 12.3 Å². The molecular formula is C32H33N5O3S. The van der Waals surface area contributed by atoms with Gasteiger partial charge in [0.1, 0.15) is 0 Å². The number of anilines is 1. The van der Waals surface area contributed by atoms with Crippen molar-refractivity contribution in [1.82, 2.24) is 19.8 Å². The van der Waals surface area contributed by atoms with Gasteiger partial charge in [-0.2, -0.15) is 0 Å². The molecule has 0 saturated carbocycles. The largest absolute Gasteiger partial charge is 0.465 e. The van der Waals surface area contributed by atoms with Crippen LogP contribution in [0, 0.1) is 20.8 Å². The number of nitrogens with one attached hydrogen (secondary N) is 2. The Bertz CT molecular complexity index is 1580. The van der Waals surface area contributed by atoms with Gasteiger partial charge in [0.15, 0.2) is 5.11 Å². The van der Waals surface area contributed by atoms with Crippen molar-refractivity contribution in [3.8, 4) is 5.69 Å². The second-order valence-electron chi connectivity index (χ2n) is 10.2. The van der Waals surface area contributed by atoms with Crippen LogP contribution in [0.25, 0.3) is 5.69 Å². The first kappa shape index (κ1) is 28.0. The van der Waals surface area contributed by atoms with Gasteiger partial charge in [-0.15, -0.1) is 0 Å². The predicted octanol–water partition coefficient (Wildman–Crippen LogP) is 5.59. The normalized spacial score (nSPS) is 16.4. The maximum absolute atomic E-state index is 12.9. The van der Waals surface area contributed by atoms with E-state index in [2.05, 4.69) is 38.1 Å². The van der Waals surface area contributed by atoms with E-state index in [-0.39, 0.29) is 30.4 Å². The third-order valence-corrected chi connectivity index (χ3v) is 7.78. The number of amides is 1. The molecule has 2 aromatic heterocycles. The monoisotopic (exact) mass is 567 g/mol. The number of benzene rings is 2. The quantitative estimate of drug-likeness (QED) is 0.212. The molecule has 9 heteroatoms. The molecular weight excluding hydrogens is 534 g/mol. The Morgan fingerprint density at radius 2 is 1.80 bits per heavy atom. The van der Waals surface area contributed by atoms with Gasteiger partial charge in [-0.25, -0.2) is 4.79 Å². The van der Waals surface area contributed by atoms with Crippen LogP contribution in [0.4, 0.5) is 5.69 Å². The molecule has 210 valence electrons. The second kappa shape index (κ2) is 11.9. The van der Waals surface area contributed by atoms with Crippen LogP contribution in [-0.2, 0) is 9.53 Å². The summed E-state index contributed by atoms with van der Waals surface area (Å²) < 4.78 is 7.06. The Hall–Kier alpha value is -4.50. The summed E-state index contributed by atoms with van der Waals surface area (Å²) in [5, 5.41) is 7.03. The molecule has 8 nitrogen and oxygen atoms in total. The van der Waals surface area contributed by atoms with E-state index in [0.717, 1.165) is 39.6 Å². The van der Waals surface area contributed by atoms with Gasteiger partial charge >= 0.3 is 5.97 Å². The van der Waals surface area contributed by atoms with E-state index in [4.69, 9.17) is 17.0 Å². The Labute approximate surface area is 245 Å². The lowest BCUT2D eigenvalue weighted by atomic mass is 9.96. The number of nitrogens with zero attached hydrogens (tertiary/aromatic N) is 3. The molecule has 2 atom stereocenters. The van der Waals surface area contributed by atoms with Crippen molar-refractivity contribution < 1.29 is 14.3 Å². The van der Waals surface area contributed by atoms with Crippen molar-refractivity contribution in [2.45, 2.75) is 39.3 Å². The molecule has 2 N–H and O–H groups in total. The van der Waals surface area contributed by atoms with Crippen molar-refractivity contribution in [1.29, 1.82) is 0 Å². The molecule has 5 rings (SSSR count). The van der Waals surface area contributed by atoms with Crippen LogP contribution in [0.1, 0.15) is 57.1 Å². The lowest BCUT2D eigenvalue weighted by Crippen LogP contribution is -2.32. The number of rotatable bonds is 8. The van der Waals surface area contributed by atoms with Crippen molar-refractivity contribution in [2.24, 2.45) is 0 Å². The maximum Gasteiger partial charge on any atom is 0.337 e. The van der Waals surface area contributed by atoms with E-state index >= 15 is 0 Å². The van der Waals surface area contributed by atoms with E-state index in [0.29, 0.717) is 17.2 Å². The van der Waals surface area contributed by atoms with Gasteiger partial charge in [0.2, 0.25) is 5.91 Å². The van der Waals surface area contributed by atoms with E-state index in [9.17, 15) is 9.59 Å².